The molecule has 9 nitrogen and oxygen atoms in total. The summed E-state index contributed by atoms with van der Waals surface area (Å²) < 4.78 is 60.9. The van der Waals surface area contributed by atoms with Crippen LogP contribution in [0.4, 0.5) is 23.2 Å². The smallest absolute Gasteiger partial charge is 0.378 e. The van der Waals surface area contributed by atoms with E-state index in [1.807, 2.05) is 0 Å². The molecule has 0 radical (unpaired) electrons. The predicted molar refractivity (Wildman–Crippen MR) is 122 cm³/mol. The average molecular weight is 509 g/mol. The third-order valence-corrected chi connectivity index (χ3v) is 7.08. The maximum atomic E-state index is 14.4. The fraction of sp³-hybridized carbons (Fsp3) is 0.429. The van der Waals surface area contributed by atoms with E-state index in [9.17, 15) is 17.6 Å². The quantitative estimate of drug-likeness (QED) is 0.235. The van der Waals surface area contributed by atoms with Gasteiger partial charge in [0.15, 0.2) is 6.19 Å². The van der Waals surface area contributed by atoms with E-state index in [1.165, 1.54) is 0 Å². The fourth-order valence-electron chi connectivity index (χ4n) is 4.20. The first-order valence-corrected chi connectivity index (χ1v) is 11.7. The zero-order valence-electron chi connectivity index (χ0n) is 18.1. The van der Waals surface area contributed by atoms with Crippen LogP contribution in [-0.2, 0) is 6.42 Å². The molecule has 14 heteroatoms. The van der Waals surface area contributed by atoms with Crippen LogP contribution in [-0.4, -0.2) is 54.1 Å². The number of rotatable bonds is 5. The molecule has 3 aromatic rings. The van der Waals surface area contributed by atoms with Gasteiger partial charge in [0.25, 0.3) is 5.89 Å². The van der Waals surface area contributed by atoms with Gasteiger partial charge in [-0.15, -0.1) is 11.3 Å². The van der Waals surface area contributed by atoms with Gasteiger partial charge in [-0.2, -0.15) is 23.4 Å². The molecule has 1 saturated heterocycles. The molecule has 5 rings (SSSR count). The van der Waals surface area contributed by atoms with Crippen LogP contribution in [0.25, 0.3) is 20.8 Å². The van der Waals surface area contributed by atoms with Crippen LogP contribution in [0.5, 0.6) is 0 Å². The molecule has 1 aromatic carbocycles. The Labute approximate surface area is 200 Å². The van der Waals surface area contributed by atoms with Crippen molar-refractivity contribution < 1.29 is 22.1 Å². The van der Waals surface area contributed by atoms with Crippen LogP contribution >= 0.6 is 11.3 Å². The lowest BCUT2D eigenvalue weighted by atomic mass is 10.0. The van der Waals surface area contributed by atoms with Crippen LogP contribution in [0.3, 0.4) is 0 Å². The Balaban J connectivity index is 1.51. The fourth-order valence-corrected chi connectivity index (χ4v) is 5.42. The number of piperidine rings is 1. The van der Waals surface area contributed by atoms with Gasteiger partial charge in [0.2, 0.25) is 11.8 Å². The van der Waals surface area contributed by atoms with Crippen molar-refractivity contribution in [3.05, 3.63) is 29.7 Å². The van der Waals surface area contributed by atoms with Crippen LogP contribution < -0.4 is 21.3 Å². The molecule has 184 valence electrons. The number of anilines is 1. The lowest BCUT2D eigenvalue weighted by molar-refractivity contribution is -0.126. The summed E-state index contributed by atoms with van der Waals surface area (Å²) in [5, 5.41) is 24.5. The van der Waals surface area contributed by atoms with E-state index in [2.05, 4.69) is 36.4 Å². The Hall–Kier alpha value is -3.44. The molecule has 3 atom stereocenters. The van der Waals surface area contributed by atoms with Crippen LogP contribution in [0, 0.1) is 11.5 Å². The van der Waals surface area contributed by atoms with Crippen LogP contribution in [0.1, 0.15) is 23.9 Å². The molecule has 0 amide bonds. The summed E-state index contributed by atoms with van der Waals surface area (Å²) in [6.07, 6.45) is -4.45. The molecular formula is C21H20F4N8OS. The molecule has 0 unspecified atom stereocenters. The highest BCUT2D eigenvalue weighted by atomic mass is 32.1. The van der Waals surface area contributed by atoms with Crippen molar-refractivity contribution in [2.45, 2.75) is 37.3 Å². The van der Waals surface area contributed by atoms with Crippen molar-refractivity contribution in [1.29, 1.82) is 5.26 Å². The van der Waals surface area contributed by atoms with Crippen molar-refractivity contribution in [3.8, 4) is 16.9 Å². The first-order chi connectivity index (χ1) is 16.8. The normalized spacial score (nSPS) is 22.5. The SMILES string of the molecule is N#CNC1=NC[C@H](c2nc(-c3sc4c(N[C@@H]5CCNC[C@@H]5F)cccc4c3CC(F)(F)F)no2)N1. The number of alkyl halides is 4. The van der Waals surface area contributed by atoms with Crippen molar-refractivity contribution >= 4 is 33.1 Å². The van der Waals surface area contributed by atoms with E-state index in [4.69, 9.17) is 9.78 Å². The number of hydrogen-bond donors (Lipinski definition) is 4. The molecule has 0 bridgehead atoms. The molecule has 0 spiro atoms. The number of thiophene rings is 1. The molecule has 4 N–H and O–H groups in total. The van der Waals surface area contributed by atoms with Crippen molar-refractivity contribution in [2.24, 2.45) is 4.99 Å². The lowest BCUT2D eigenvalue weighted by Crippen LogP contribution is -2.45. The second-order valence-electron chi connectivity index (χ2n) is 8.22. The van der Waals surface area contributed by atoms with Gasteiger partial charge in [-0.25, -0.2) is 9.38 Å². The molecule has 2 aliphatic rings. The Kier molecular flexibility index (Phi) is 6.20. The number of nitriles is 1. The molecule has 2 aliphatic heterocycles. The van der Waals surface area contributed by atoms with Gasteiger partial charge in [-0.3, -0.25) is 5.32 Å². The van der Waals surface area contributed by atoms with Crippen LogP contribution in [0.2, 0.25) is 0 Å². The number of aromatic nitrogens is 2. The third-order valence-electron chi connectivity index (χ3n) is 5.80. The lowest BCUT2D eigenvalue weighted by Gasteiger charge is -2.28. The Morgan fingerprint density at radius 2 is 2.17 bits per heavy atom. The summed E-state index contributed by atoms with van der Waals surface area (Å²) in [6, 6.07) is 4.05. The highest BCUT2D eigenvalue weighted by molar-refractivity contribution is 7.23. The summed E-state index contributed by atoms with van der Waals surface area (Å²) >= 11 is 1.11. The standard InChI is InChI=1S/C21H20F4N8OS/c22-12-7-27-5-4-13(12)30-14-3-1-2-10-11(6-21(23,24)25)17(35-16(10)14)18-32-19(34-33-18)15-8-28-20(31-15)29-9-26/h1-3,12-13,15,27,30H,4-8H2,(H2,28,29,31)/t12-,13+,15+/m0/s1. The topological polar surface area (TPSA) is 123 Å². The van der Waals surface area contributed by atoms with Gasteiger partial charge in [0, 0.05) is 6.54 Å². The monoisotopic (exact) mass is 508 g/mol. The number of benzene rings is 1. The Morgan fingerprint density at radius 1 is 1.31 bits per heavy atom. The number of fused-ring (bicyclic) bond motifs is 1. The molecule has 1 fully saturated rings. The minimum absolute atomic E-state index is 0.0279. The number of hydrogen-bond acceptors (Lipinski definition) is 10. The molecule has 0 aliphatic carbocycles. The van der Waals surface area contributed by atoms with Gasteiger partial charge in [0.05, 0.1) is 34.3 Å². The van der Waals surface area contributed by atoms with Gasteiger partial charge >= 0.3 is 6.18 Å². The molecular weight excluding hydrogens is 488 g/mol. The van der Waals surface area contributed by atoms with E-state index in [1.54, 1.807) is 24.4 Å². The maximum Gasteiger partial charge on any atom is 0.393 e. The zero-order valence-corrected chi connectivity index (χ0v) is 18.9. The number of halogens is 4. The predicted octanol–water partition coefficient (Wildman–Crippen LogP) is 3.24. The molecule has 0 saturated carbocycles. The Bertz CT molecular complexity index is 1300. The third kappa shape index (κ3) is 4.87. The van der Waals surface area contributed by atoms with E-state index in [-0.39, 0.29) is 41.2 Å². The van der Waals surface area contributed by atoms with Gasteiger partial charge in [-0.1, -0.05) is 17.3 Å². The Morgan fingerprint density at radius 3 is 2.94 bits per heavy atom. The van der Waals surface area contributed by atoms with E-state index >= 15 is 0 Å². The number of aliphatic imine (C=N–C) groups is 1. The first kappa shape index (κ1) is 23.3. The molecule has 4 heterocycles. The minimum atomic E-state index is -4.46. The largest absolute Gasteiger partial charge is 0.393 e. The molecule has 2 aromatic heterocycles. The highest BCUT2D eigenvalue weighted by Crippen LogP contribution is 2.44. The van der Waals surface area contributed by atoms with Crippen LogP contribution in [0.15, 0.2) is 27.7 Å². The molecule has 35 heavy (non-hydrogen) atoms. The summed E-state index contributed by atoms with van der Waals surface area (Å²) in [6.45, 7) is 1.10. The van der Waals surface area contributed by atoms with Crippen molar-refractivity contribution in [2.75, 3.05) is 25.0 Å². The highest BCUT2D eigenvalue weighted by Gasteiger charge is 2.34. The number of guanidine groups is 1. The second kappa shape index (κ2) is 9.31. The van der Waals surface area contributed by atoms with Crippen molar-refractivity contribution in [1.82, 2.24) is 26.1 Å². The number of nitrogens with one attached hydrogen (secondary N) is 4. The minimum Gasteiger partial charge on any atom is -0.378 e. The summed E-state index contributed by atoms with van der Waals surface area (Å²) in [7, 11) is 0. The van der Waals surface area contributed by atoms with Crippen molar-refractivity contribution in [3.63, 3.8) is 0 Å². The zero-order chi connectivity index (χ0) is 24.6. The average Bonchev–Trinajstić information content (AvgIpc) is 3.54. The van der Waals surface area contributed by atoms with Gasteiger partial charge in [-0.05, 0) is 30.0 Å². The summed E-state index contributed by atoms with van der Waals surface area (Å²) in [5.74, 6) is 0.416. The summed E-state index contributed by atoms with van der Waals surface area (Å²) in [5.41, 5.74) is 0.608. The van der Waals surface area contributed by atoms with E-state index in [0.717, 1.165) is 11.3 Å². The second-order valence-corrected chi connectivity index (χ2v) is 9.24. The summed E-state index contributed by atoms with van der Waals surface area (Å²) in [4.78, 5) is 8.66. The first-order valence-electron chi connectivity index (χ1n) is 10.8. The van der Waals surface area contributed by atoms with Gasteiger partial charge in [0.1, 0.15) is 12.2 Å². The maximum absolute atomic E-state index is 14.4. The van der Waals surface area contributed by atoms with E-state index in [0.29, 0.717) is 28.7 Å². The van der Waals surface area contributed by atoms with E-state index < -0.39 is 30.9 Å². The van der Waals surface area contributed by atoms with Gasteiger partial charge < -0.3 is 20.5 Å². The number of nitrogens with zero attached hydrogens (tertiary/aromatic N) is 4.